The number of halogens is 6. The molecule has 0 aromatic heterocycles. The average molecular weight is 437 g/mol. The number of alkyl halides is 6. The van der Waals surface area contributed by atoms with E-state index in [1.165, 1.54) is 0 Å². The van der Waals surface area contributed by atoms with Crippen LogP contribution in [0.15, 0.2) is 0 Å². The van der Waals surface area contributed by atoms with Gasteiger partial charge in [0, 0.05) is 39.3 Å². The monoisotopic (exact) mass is 434 g/mol. The lowest BCUT2D eigenvalue weighted by Gasteiger charge is -2.37. The molecule has 0 aromatic rings. The van der Waals surface area contributed by atoms with Crippen LogP contribution in [0, 0.1) is 0 Å². The summed E-state index contributed by atoms with van der Waals surface area (Å²) in [6.45, 7) is 5.14. The fourth-order valence-electron chi connectivity index (χ4n) is 1.68. The smallest absolute Gasteiger partial charge is 0.0693 e. The molecule has 0 unspecified atom stereocenters. The molecule has 0 aliphatic heterocycles. The quantitative estimate of drug-likeness (QED) is 0.362. The molecule has 0 bridgehead atoms. The van der Waals surface area contributed by atoms with Crippen molar-refractivity contribution in [2.45, 2.75) is 32.3 Å². The van der Waals surface area contributed by atoms with Gasteiger partial charge in [-0.05, 0) is 0 Å². The van der Waals surface area contributed by atoms with E-state index < -0.39 is 32.3 Å². The first-order valence-electron chi connectivity index (χ1n) is 7.04. The highest BCUT2D eigenvalue weighted by Gasteiger charge is 2.46. The Morgan fingerprint density at radius 3 is 0.909 bits per heavy atom. The molecule has 0 saturated heterocycles. The molecule has 1 rings (SSSR count). The first-order chi connectivity index (χ1) is 10.4. The number of nitrogens with two attached hydrogens (primary N) is 2. The molecule has 6 N–H and O–H groups in total. The van der Waals surface area contributed by atoms with Crippen molar-refractivity contribution in [1.29, 1.82) is 0 Å². The predicted molar refractivity (Wildman–Crippen MR) is 102 cm³/mol. The van der Waals surface area contributed by atoms with Crippen molar-refractivity contribution < 1.29 is 0 Å². The highest BCUT2D eigenvalue weighted by molar-refractivity contribution is 6.45. The average Bonchev–Trinajstić information content (AvgIpc) is 2.53. The Morgan fingerprint density at radius 1 is 0.500 bits per heavy atom. The first kappa shape index (κ1) is 23.6. The molecule has 134 valence electrons. The topological polar surface area (TPSA) is 76.1 Å². The second kappa shape index (κ2) is 13.8. The van der Waals surface area contributed by atoms with E-state index in [9.17, 15) is 0 Å². The van der Waals surface area contributed by atoms with Crippen LogP contribution in [0.3, 0.4) is 0 Å². The Balaban J connectivity index is 0.000000409. The van der Waals surface area contributed by atoms with Crippen LogP contribution in [0.2, 0.25) is 0 Å². The van der Waals surface area contributed by atoms with E-state index in [0.29, 0.717) is 13.1 Å². The third-order valence-electron chi connectivity index (χ3n) is 2.95. The van der Waals surface area contributed by atoms with E-state index in [2.05, 4.69) is 10.6 Å². The normalized spacial score (nSPS) is 34.9. The van der Waals surface area contributed by atoms with Gasteiger partial charge >= 0.3 is 0 Å². The highest BCUT2D eigenvalue weighted by Crippen LogP contribution is 2.39. The fourth-order valence-corrected chi connectivity index (χ4v) is 4.01. The highest BCUT2D eigenvalue weighted by atomic mass is 35.5. The van der Waals surface area contributed by atoms with Crippen molar-refractivity contribution in [3.05, 3.63) is 0 Å². The van der Waals surface area contributed by atoms with E-state index in [-0.39, 0.29) is 0 Å². The Kier molecular flexibility index (Phi) is 14.8. The molecule has 0 spiro atoms. The van der Waals surface area contributed by atoms with Gasteiger partial charge in [-0.1, -0.05) is 0 Å². The molecule has 0 heterocycles. The Labute approximate surface area is 162 Å². The molecule has 0 radical (unpaired) electrons. The SMILES string of the molecule is Cl[C@H]1[C@H](Cl)[C@@H](Cl)[C@@H](Cl)[C@H](Cl)[C@H]1Cl.NCCNCCNCCN. The Morgan fingerprint density at radius 2 is 0.727 bits per heavy atom. The lowest BCUT2D eigenvalue weighted by molar-refractivity contribution is 0.544. The van der Waals surface area contributed by atoms with Crippen molar-refractivity contribution in [3.8, 4) is 0 Å². The molecule has 1 aliphatic carbocycles. The maximum absolute atomic E-state index is 5.88. The van der Waals surface area contributed by atoms with Gasteiger partial charge in [-0.2, -0.15) is 0 Å². The maximum atomic E-state index is 5.88. The maximum Gasteiger partial charge on any atom is 0.0693 e. The van der Waals surface area contributed by atoms with Crippen LogP contribution < -0.4 is 22.1 Å². The van der Waals surface area contributed by atoms with E-state index >= 15 is 0 Å². The molecule has 1 fully saturated rings. The molecule has 1 saturated carbocycles. The van der Waals surface area contributed by atoms with Crippen LogP contribution in [-0.2, 0) is 0 Å². The zero-order chi connectivity index (χ0) is 17.1. The van der Waals surface area contributed by atoms with Gasteiger partial charge < -0.3 is 22.1 Å². The molecule has 4 nitrogen and oxygen atoms in total. The van der Waals surface area contributed by atoms with E-state index in [4.69, 9.17) is 81.1 Å². The second-order valence-electron chi connectivity index (χ2n) is 4.74. The third-order valence-corrected chi connectivity index (χ3v) is 6.98. The fraction of sp³-hybridized carbons (Fsp3) is 1.00. The van der Waals surface area contributed by atoms with Crippen molar-refractivity contribution in [1.82, 2.24) is 10.6 Å². The summed E-state index contributed by atoms with van der Waals surface area (Å²) in [6.07, 6.45) is 0. The minimum atomic E-state index is -0.437. The first-order valence-corrected chi connectivity index (χ1v) is 9.66. The van der Waals surface area contributed by atoms with Crippen LogP contribution in [0.25, 0.3) is 0 Å². The number of hydrogen-bond acceptors (Lipinski definition) is 4. The lowest BCUT2D eigenvalue weighted by atomic mass is 9.97. The molecule has 0 aromatic carbocycles. The molecule has 10 heteroatoms. The van der Waals surface area contributed by atoms with E-state index in [1.807, 2.05) is 0 Å². The van der Waals surface area contributed by atoms with E-state index in [0.717, 1.165) is 26.2 Å². The summed E-state index contributed by atoms with van der Waals surface area (Å²) in [6, 6.07) is 0. The zero-order valence-electron chi connectivity index (χ0n) is 12.1. The van der Waals surface area contributed by atoms with Crippen LogP contribution in [-0.4, -0.2) is 71.5 Å². The summed E-state index contributed by atoms with van der Waals surface area (Å²) in [7, 11) is 0. The number of hydrogen-bond donors (Lipinski definition) is 4. The lowest BCUT2D eigenvalue weighted by Crippen LogP contribution is -2.52. The zero-order valence-corrected chi connectivity index (χ0v) is 16.7. The summed E-state index contributed by atoms with van der Waals surface area (Å²) in [4.78, 5) is 0. The van der Waals surface area contributed by atoms with Crippen LogP contribution in [0.1, 0.15) is 0 Å². The Hall–Kier alpha value is 1.58. The summed E-state index contributed by atoms with van der Waals surface area (Å²) < 4.78 is 0. The number of nitrogens with one attached hydrogen (secondary N) is 2. The predicted octanol–water partition coefficient (Wildman–Crippen LogP) is 1.73. The van der Waals surface area contributed by atoms with Crippen molar-refractivity contribution in [2.75, 3.05) is 39.3 Å². The molecule has 0 atom stereocenters. The Bertz CT molecular complexity index is 209. The third kappa shape index (κ3) is 8.61. The minimum absolute atomic E-state index is 0.437. The molecule has 1 aliphatic rings. The molecule has 0 amide bonds. The van der Waals surface area contributed by atoms with Gasteiger partial charge in [0.2, 0.25) is 0 Å². The van der Waals surface area contributed by atoms with Gasteiger partial charge in [0.05, 0.1) is 32.3 Å². The number of rotatable bonds is 7. The summed E-state index contributed by atoms with van der Waals surface area (Å²) >= 11 is 35.3. The van der Waals surface area contributed by atoms with Crippen molar-refractivity contribution in [2.24, 2.45) is 11.5 Å². The summed E-state index contributed by atoms with van der Waals surface area (Å²) in [5.41, 5.74) is 10.5. The van der Waals surface area contributed by atoms with Crippen LogP contribution in [0.4, 0.5) is 0 Å². The second-order valence-corrected chi connectivity index (χ2v) is 7.77. The van der Waals surface area contributed by atoms with Gasteiger partial charge in [0.15, 0.2) is 0 Å². The molecule has 22 heavy (non-hydrogen) atoms. The van der Waals surface area contributed by atoms with Crippen molar-refractivity contribution in [3.63, 3.8) is 0 Å². The molecular formula is C12H24Cl6N4. The standard InChI is InChI=1S/C6H6Cl6.C6H18N4/c7-1-2(8)4(10)6(12)5(11)3(1)9;7-1-3-9-5-6-10-4-2-8/h1-6H;9-10H,1-8H2/t1-,2-,3-,4+,5+,6+;. The largest absolute Gasteiger partial charge is 0.329 e. The van der Waals surface area contributed by atoms with Crippen LogP contribution >= 0.6 is 69.6 Å². The summed E-state index contributed by atoms with van der Waals surface area (Å²) in [5, 5.41) is 3.71. The van der Waals surface area contributed by atoms with Gasteiger partial charge in [-0.15, -0.1) is 69.6 Å². The van der Waals surface area contributed by atoms with Crippen LogP contribution in [0.5, 0.6) is 0 Å². The van der Waals surface area contributed by atoms with E-state index in [1.54, 1.807) is 0 Å². The van der Waals surface area contributed by atoms with Crippen molar-refractivity contribution >= 4 is 69.6 Å². The minimum Gasteiger partial charge on any atom is -0.329 e. The van der Waals surface area contributed by atoms with Gasteiger partial charge in [-0.25, -0.2) is 0 Å². The van der Waals surface area contributed by atoms with Gasteiger partial charge in [0.25, 0.3) is 0 Å². The van der Waals surface area contributed by atoms with Gasteiger partial charge in [-0.3, -0.25) is 0 Å². The van der Waals surface area contributed by atoms with Gasteiger partial charge in [0.1, 0.15) is 0 Å². The summed E-state index contributed by atoms with van der Waals surface area (Å²) in [5.74, 6) is 0. The molecular weight excluding hydrogens is 413 g/mol.